The molecule has 12 heavy (non-hydrogen) atoms. The largest absolute Gasteiger partial charge is 0.495 e. The van der Waals surface area contributed by atoms with E-state index in [1.54, 1.807) is 7.05 Å². The lowest BCUT2D eigenvalue weighted by molar-refractivity contribution is 0.127. The third-order valence-corrected chi connectivity index (χ3v) is 2.26. The van der Waals surface area contributed by atoms with Crippen LogP contribution >= 0.6 is 0 Å². The number of ether oxygens (including phenoxy) is 1. The highest BCUT2D eigenvalue weighted by Crippen LogP contribution is 2.24. The maximum Gasteiger partial charge on any atom is 0.174 e. The summed E-state index contributed by atoms with van der Waals surface area (Å²) in [6.07, 6.45) is 1.60. The molecule has 1 atom stereocenters. The molecule has 0 aliphatic carbocycles. The summed E-state index contributed by atoms with van der Waals surface area (Å²) in [4.78, 5) is 0. The molecule has 0 aromatic rings. The van der Waals surface area contributed by atoms with Gasteiger partial charge in [0.2, 0.25) is 0 Å². The average Bonchev–Trinajstić information content (AvgIpc) is 2.55. The predicted molar refractivity (Wildman–Crippen MR) is 46.7 cm³/mol. The van der Waals surface area contributed by atoms with Crippen molar-refractivity contribution in [3.63, 3.8) is 0 Å². The third-order valence-electron chi connectivity index (χ3n) is 2.26. The molecule has 1 N–H and O–H groups in total. The highest BCUT2D eigenvalue weighted by atomic mass is 19.1. The lowest BCUT2D eigenvalue weighted by Gasteiger charge is -2.28. The summed E-state index contributed by atoms with van der Waals surface area (Å²) >= 11 is 0. The zero-order valence-electron chi connectivity index (χ0n) is 7.86. The first-order valence-electron chi connectivity index (χ1n) is 4.24. The first-order chi connectivity index (χ1) is 5.58. The second-order valence-corrected chi connectivity index (χ2v) is 3.58. The van der Waals surface area contributed by atoms with Crippen LogP contribution in [0.3, 0.4) is 0 Å². The molecule has 1 aliphatic rings. The highest BCUT2D eigenvalue weighted by Gasteiger charge is 2.33. The molecule has 1 unspecified atom stereocenters. The molecule has 0 radical (unpaired) electrons. The molecule has 1 heterocycles. The Bertz CT molecular complexity index is 189. The maximum absolute atomic E-state index is 13.6. The normalized spacial score (nSPS) is 20.2. The van der Waals surface area contributed by atoms with E-state index < -0.39 is 11.7 Å². The highest BCUT2D eigenvalue weighted by molar-refractivity contribution is 5.11. The molecule has 0 aromatic heterocycles. The van der Waals surface area contributed by atoms with Crippen LogP contribution in [0.2, 0.25) is 0 Å². The third kappa shape index (κ3) is 1.78. The number of halogens is 1. The van der Waals surface area contributed by atoms with Gasteiger partial charge in [0.05, 0.1) is 12.1 Å². The number of alkyl halides is 1. The molecule has 0 fully saturated rings. The molecule has 0 bridgehead atoms. The van der Waals surface area contributed by atoms with Gasteiger partial charge in [0.25, 0.3) is 0 Å². The Morgan fingerprint density at radius 3 is 2.75 bits per heavy atom. The van der Waals surface area contributed by atoms with Crippen LogP contribution in [0.1, 0.15) is 20.3 Å². The van der Waals surface area contributed by atoms with Gasteiger partial charge in [-0.2, -0.15) is 0 Å². The maximum atomic E-state index is 13.6. The van der Waals surface area contributed by atoms with Crippen molar-refractivity contribution in [2.24, 2.45) is 0 Å². The lowest BCUT2D eigenvalue weighted by Crippen LogP contribution is -2.46. The summed E-state index contributed by atoms with van der Waals surface area (Å²) in [5.41, 5.74) is -0.545. The monoisotopic (exact) mass is 173 g/mol. The molecule has 0 saturated carbocycles. The van der Waals surface area contributed by atoms with Crippen molar-refractivity contribution in [1.29, 1.82) is 0 Å². The Hall–Kier alpha value is -0.570. The van der Waals surface area contributed by atoms with Gasteiger partial charge >= 0.3 is 0 Å². The van der Waals surface area contributed by atoms with E-state index >= 15 is 0 Å². The van der Waals surface area contributed by atoms with Crippen molar-refractivity contribution in [2.75, 3.05) is 13.7 Å². The summed E-state index contributed by atoms with van der Waals surface area (Å²) in [6, 6.07) is 0. The molecule has 1 aliphatic heterocycles. The van der Waals surface area contributed by atoms with Gasteiger partial charge in [0.15, 0.2) is 6.17 Å². The number of rotatable bonds is 3. The van der Waals surface area contributed by atoms with E-state index in [0.717, 1.165) is 6.42 Å². The zero-order valence-corrected chi connectivity index (χ0v) is 7.86. The van der Waals surface area contributed by atoms with Crippen LogP contribution in [-0.4, -0.2) is 25.4 Å². The van der Waals surface area contributed by atoms with Gasteiger partial charge in [0.1, 0.15) is 5.76 Å². The fourth-order valence-corrected chi connectivity index (χ4v) is 1.10. The van der Waals surface area contributed by atoms with Crippen molar-refractivity contribution in [3.8, 4) is 0 Å². The van der Waals surface area contributed by atoms with Crippen molar-refractivity contribution in [1.82, 2.24) is 5.32 Å². The summed E-state index contributed by atoms with van der Waals surface area (Å²) < 4.78 is 18.8. The summed E-state index contributed by atoms with van der Waals surface area (Å²) in [7, 11) is 1.75. The standard InChI is InChI=1S/C9H16FNO/c1-9(2,11-3)8(10)7-5-4-6-12-7/h5,8,11H,4,6H2,1-3H3. The van der Waals surface area contributed by atoms with Gasteiger partial charge in [-0.15, -0.1) is 0 Å². The van der Waals surface area contributed by atoms with E-state index in [1.807, 2.05) is 19.9 Å². The smallest absolute Gasteiger partial charge is 0.174 e. The molecule has 0 saturated heterocycles. The second kappa shape index (κ2) is 3.44. The van der Waals surface area contributed by atoms with Crippen molar-refractivity contribution < 1.29 is 9.13 Å². The molecule has 0 spiro atoms. The first-order valence-corrected chi connectivity index (χ1v) is 4.24. The number of hydrogen-bond acceptors (Lipinski definition) is 2. The van der Waals surface area contributed by atoms with Gasteiger partial charge in [-0.3, -0.25) is 0 Å². The molecule has 2 nitrogen and oxygen atoms in total. The van der Waals surface area contributed by atoms with Crippen molar-refractivity contribution in [2.45, 2.75) is 32.0 Å². The van der Waals surface area contributed by atoms with E-state index in [-0.39, 0.29) is 0 Å². The summed E-state index contributed by atoms with van der Waals surface area (Å²) in [5.74, 6) is 0.481. The Morgan fingerprint density at radius 1 is 1.67 bits per heavy atom. The fourth-order valence-electron chi connectivity index (χ4n) is 1.10. The lowest BCUT2D eigenvalue weighted by atomic mass is 9.97. The van der Waals surface area contributed by atoms with E-state index in [0.29, 0.717) is 12.4 Å². The predicted octanol–water partition coefficient (Wildman–Crippen LogP) is 1.63. The topological polar surface area (TPSA) is 21.3 Å². The quantitative estimate of drug-likeness (QED) is 0.700. The van der Waals surface area contributed by atoms with Crippen LogP contribution in [-0.2, 0) is 4.74 Å². The fraction of sp³-hybridized carbons (Fsp3) is 0.778. The Kier molecular flexibility index (Phi) is 2.73. The minimum Gasteiger partial charge on any atom is -0.495 e. The molecular formula is C9H16FNO. The molecule has 3 heteroatoms. The SMILES string of the molecule is CNC(C)(C)C(F)C1=CCCO1. The Labute approximate surface area is 72.8 Å². The minimum atomic E-state index is -1.05. The van der Waals surface area contributed by atoms with Crippen LogP contribution in [0.5, 0.6) is 0 Å². The van der Waals surface area contributed by atoms with Gasteiger partial charge in [0, 0.05) is 6.42 Å². The Morgan fingerprint density at radius 2 is 2.33 bits per heavy atom. The van der Waals surface area contributed by atoms with E-state index in [4.69, 9.17) is 4.74 Å². The summed E-state index contributed by atoms with van der Waals surface area (Å²) in [5, 5.41) is 2.92. The van der Waals surface area contributed by atoms with Crippen LogP contribution in [0.15, 0.2) is 11.8 Å². The van der Waals surface area contributed by atoms with Crippen LogP contribution in [0, 0.1) is 0 Å². The number of hydrogen-bond donors (Lipinski definition) is 1. The van der Waals surface area contributed by atoms with Crippen molar-refractivity contribution in [3.05, 3.63) is 11.8 Å². The molecule has 0 amide bonds. The first kappa shape index (κ1) is 9.52. The van der Waals surface area contributed by atoms with E-state index in [1.165, 1.54) is 0 Å². The second-order valence-electron chi connectivity index (χ2n) is 3.58. The van der Waals surface area contributed by atoms with Crippen molar-refractivity contribution >= 4 is 0 Å². The average molecular weight is 173 g/mol. The van der Waals surface area contributed by atoms with Crippen LogP contribution in [0.4, 0.5) is 4.39 Å². The molecule has 0 aromatic carbocycles. The van der Waals surface area contributed by atoms with Gasteiger partial charge in [-0.25, -0.2) is 4.39 Å². The van der Waals surface area contributed by atoms with E-state index in [2.05, 4.69) is 5.32 Å². The van der Waals surface area contributed by atoms with Gasteiger partial charge in [-0.05, 0) is 27.0 Å². The minimum absolute atomic E-state index is 0.481. The van der Waals surface area contributed by atoms with E-state index in [9.17, 15) is 4.39 Å². The number of nitrogens with one attached hydrogen (secondary N) is 1. The molecule has 70 valence electrons. The molecular weight excluding hydrogens is 157 g/mol. The zero-order chi connectivity index (χ0) is 9.19. The Balaban J connectivity index is 2.62. The van der Waals surface area contributed by atoms with Crippen LogP contribution < -0.4 is 5.32 Å². The van der Waals surface area contributed by atoms with Gasteiger partial charge in [-0.1, -0.05) is 0 Å². The molecule has 1 rings (SSSR count). The van der Waals surface area contributed by atoms with Gasteiger partial charge < -0.3 is 10.1 Å². The van der Waals surface area contributed by atoms with Crippen LogP contribution in [0.25, 0.3) is 0 Å². The summed E-state index contributed by atoms with van der Waals surface area (Å²) in [6.45, 7) is 4.26.